The molecule has 166 valence electrons. The normalized spacial score (nSPS) is 11.7. The number of aryl methyl sites for hydroxylation is 2. The van der Waals surface area contributed by atoms with E-state index in [2.05, 4.69) is 76.7 Å². The Morgan fingerprint density at radius 2 is 1.74 bits per heavy atom. The van der Waals surface area contributed by atoms with Crippen LogP contribution < -0.4 is 10.6 Å². The van der Waals surface area contributed by atoms with Gasteiger partial charge in [0.2, 0.25) is 0 Å². The third-order valence-electron chi connectivity index (χ3n) is 5.41. The number of hydrogen-bond acceptors (Lipinski definition) is 3. The predicted molar refractivity (Wildman–Crippen MR) is 139 cm³/mol. The lowest BCUT2D eigenvalue weighted by Crippen LogP contribution is -2.43. The van der Waals surface area contributed by atoms with Gasteiger partial charge in [-0.05, 0) is 36.1 Å². The van der Waals surface area contributed by atoms with E-state index < -0.39 is 0 Å². The second-order valence-corrected chi connectivity index (χ2v) is 8.08. The van der Waals surface area contributed by atoms with Crippen LogP contribution in [0, 0.1) is 6.92 Å². The summed E-state index contributed by atoms with van der Waals surface area (Å²) in [7, 11) is 1.79. The fourth-order valence-corrected chi connectivity index (χ4v) is 3.29. The maximum Gasteiger partial charge on any atom is 0.191 e. The predicted octanol–water partition coefficient (Wildman–Crippen LogP) is 4.40. The zero-order chi connectivity index (χ0) is 21.6. The molecule has 0 aliphatic carbocycles. The molecule has 2 aromatic heterocycles. The van der Waals surface area contributed by atoms with Crippen molar-refractivity contribution < 1.29 is 0 Å². The van der Waals surface area contributed by atoms with Crippen LogP contribution in [0.25, 0.3) is 5.82 Å². The molecule has 0 aliphatic rings. The molecule has 1 aromatic carbocycles. The molecule has 0 amide bonds. The van der Waals surface area contributed by atoms with Crippen LogP contribution in [0.15, 0.2) is 60.0 Å². The summed E-state index contributed by atoms with van der Waals surface area (Å²) in [6.07, 6.45) is 6.64. The summed E-state index contributed by atoms with van der Waals surface area (Å²) in [6.45, 7) is 10.1. The molecule has 6 nitrogen and oxygen atoms in total. The Morgan fingerprint density at radius 3 is 2.29 bits per heavy atom. The van der Waals surface area contributed by atoms with Crippen molar-refractivity contribution in [2.24, 2.45) is 4.99 Å². The minimum Gasteiger partial charge on any atom is -0.356 e. The summed E-state index contributed by atoms with van der Waals surface area (Å²) in [5.74, 6) is 2.57. The number of guanidine groups is 1. The number of benzene rings is 1. The number of rotatable bonds is 7. The number of nitrogens with one attached hydrogen (secondary N) is 2. The van der Waals surface area contributed by atoms with Gasteiger partial charge in [-0.1, -0.05) is 51.1 Å². The van der Waals surface area contributed by atoms with E-state index in [-0.39, 0.29) is 29.4 Å². The van der Waals surface area contributed by atoms with E-state index in [1.54, 1.807) is 13.2 Å². The van der Waals surface area contributed by atoms with Gasteiger partial charge < -0.3 is 10.6 Å². The average molecular weight is 532 g/mol. The molecule has 0 unspecified atom stereocenters. The van der Waals surface area contributed by atoms with Gasteiger partial charge in [0.1, 0.15) is 11.6 Å². The van der Waals surface area contributed by atoms with Gasteiger partial charge in [0, 0.05) is 44.1 Å². The highest BCUT2D eigenvalue weighted by atomic mass is 127. The first-order valence-corrected chi connectivity index (χ1v) is 10.4. The summed E-state index contributed by atoms with van der Waals surface area (Å²) in [5, 5.41) is 6.83. The first kappa shape index (κ1) is 24.8. The van der Waals surface area contributed by atoms with Crippen molar-refractivity contribution in [1.82, 2.24) is 25.2 Å². The number of aliphatic imine (C=N–C) groups is 1. The molecule has 0 radical (unpaired) electrons. The molecular formula is C24H33IN6. The quantitative estimate of drug-likeness (QED) is 0.269. The van der Waals surface area contributed by atoms with Crippen LogP contribution in [0.2, 0.25) is 0 Å². The number of halogens is 1. The first-order chi connectivity index (χ1) is 14.4. The molecule has 2 heterocycles. The zero-order valence-electron chi connectivity index (χ0n) is 19.0. The van der Waals surface area contributed by atoms with Crippen LogP contribution in [-0.4, -0.2) is 34.1 Å². The van der Waals surface area contributed by atoms with Crippen molar-refractivity contribution in [1.29, 1.82) is 0 Å². The molecule has 0 bridgehead atoms. The van der Waals surface area contributed by atoms with Gasteiger partial charge in [-0.2, -0.15) is 0 Å². The van der Waals surface area contributed by atoms with Crippen LogP contribution in [0.5, 0.6) is 0 Å². The minimum absolute atomic E-state index is 0. The van der Waals surface area contributed by atoms with E-state index in [1.165, 1.54) is 11.1 Å². The van der Waals surface area contributed by atoms with Crippen molar-refractivity contribution >= 4 is 29.9 Å². The lowest BCUT2D eigenvalue weighted by atomic mass is 9.84. The lowest BCUT2D eigenvalue weighted by molar-refractivity contribution is 0.508. The van der Waals surface area contributed by atoms with Gasteiger partial charge in [0.25, 0.3) is 0 Å². The first-order valence-electron chi connectivity index (χ1n) is 10.4. The second kappa shape index (κ2) is 11.3. The number of pyridine rings is 1. The SMILES string of the molecule is CCc1ccc(C(C)(C)CNC(=NC)NCc2ccc(-n3ccnc3C)nc2)cc1.I. The maximum absolute atomic E-state index is 4.55. The number of imidazole rings is 1. The summed E-state index contributed by atoms with van der Waals surface area (Å²) in [5.41, 5.74) is 3.77. The van der Waals surface area contributed by atoms with Gasteiger partial charge >= 0.3 is 0 Å². The molecular weight excluding hydrogens is 499 g/mol. The second-order valence-electron chi connectivity index (χ2n) is 8.08. The van der Waals surface area contributed by atoms with Gasteiger partial charge in [0.05, 0.1) is 0 Å². The van der Waals surface area contributed by atoms with Crippen molar-refractivity contribution in [3.05, 3.63) is 77.5 Å². The number of hydrogen-bond donors (Lipinski definition) is 2. The average Bonchev–Trinajstić information content (AvgIpc) is 3.20. The molecule has 0 saturated carbocycles. The highest BCUT2D eigenvalue weighted by Gasteiger charge is 2.20. The Kier molecular flexibility index (Phi) is 9.03. The Morgan fingerprint density at radius 1 is 1.03 bits per heavy atom. The minimum atomic E-state index is -0.00421. The van der Waals surface area contributed by atoms with Gasteiger partial charge in [-0.25, -0.2) is 9.97 Å². The Hall–Kier alpha value is -2.42. The topological polar surface area (TPSA) is 67.1 Å². The highest BCUT2D eigenvalue weighted by Crippen LogP contribution is 2.22. The van der Waals surface area contributed by atoms with Crippen LogP contribution in [0.1, 0.15) is 43.3 Å². The Bertz CT molecular complexity index is 974. The van der Waals surface area contributed by atoms with E-state index in [0.717, 1.165) is 36.1 Å². The summed E-state index contributed by atoms with van der Waals surface area (Å²) in [6, 6.07) is 13.0. The molecule has 3 rings (SSSR count). The molecule has 7 heteroatoms. The van der Waals surface area contributed by atoms with Crippen molar-refractivity contribution in [3.8, 4) is 5.82 Å². The molecule has 31 heavy (non-hydrogen) atoms. The van der Waals surface area contributed by atoms with Crippen LogP contribution in [0.4, 0.5) is 0 Å². The van der Waals surface area contributed by atoms with Gasteiger partial charge in [-0.3, -0.25) is 9.56 Å². The lowest BCUT2D eigenvalue weighted by Gasteiger charge is -2.27. The molecule has 0 saturated heterocycles. The summed E-state index contributed by atoms with van der Waals surface area (Å²) in [4.78, 5) is 13.1. The van der Waals surface area contributed by atoms with E-state index in [9.17, 15) is 0 Å². The van der Waals surface area contributed by atoms with E-state index in [0.29, 0.717) is 6.54 Å². The van der Waals surface area contributed by atoms with Gasteiger partial charge in [0.15, 0.2) is 5.96 Å². The smallest absolute Gasteiger partial charge is 0.191 e. The molecule has 0 spiro atoms. The van der Waals surface area contributed by atoms with Crippen LogP contribution in [-0.2, 0) is 18.4 Å². The fourth-order valence-electron chi connectivity index (χ4n) is 3.29. The monoisotopic (exact) mass is 532 g/mol. The van der Waals surface area contributed by atoms with E-state index in [1.807, 2.05) is 30.0 Å². The third kappa shape index (κ3) is 6.53. The molecule has 0 aliphatic heterocycles. The van der Waals surface area contributed by atoms with Crippen molar-refractivity contribution in [2.75, 3.05) is 13.6 Å². The molecule has 0 atom stereocenters. The Labute approximate surface area is 202 Å². The van der Waals surface area contributed by atoms with Crippen molar-refractivity contribution in [3.63, 3.8) is 0 Å². The van der Waals surface area contributed by atoms with E-state index in [4.69, 9.17) is 0 Å². The Balaban J connectivity index is 0.00000341. The van der Waals surface area contributed by atoms with Crippen LogP contribution in [0.3, 0.4) is 0 Å². The standard InChI is InChI=1S/C24H32N6.HI/c1-6-19-7-10-21(11-8-19)24(3,4)17-29-23(25-5)28-16-20-9-12-22(27-15-20)30-14-13-26-18(30)2;/h7-15H,6,16-17H2,1-5H3,(H2,25,28,29);1H. The number of aromatic nitrogens is 3. The third-order valence-corrected chi connectivity index (χ3v) is 5.41. The number of nitrogens with zero attached hydrogens (tertiary/aromatic N) is 4. The van der Waals surface area contributed by atoms with Crippen molar-refractivity contribution in [2.45, 2.75) is 46.1 Å². The zero-order valence-corrected chi connectivity index (χ0v) is 21.3. The largest absolute Gasteiger partial charge is 0.356 e. The highest BCUT2D eigenvalue weighted by molar-refractivity contribution is 14.0. The van der Waals surface area contributed by atoms with Crippen LogP contribution >= 0.6 is 24.0 Å². The molecule has 3 aromatic rings. The fraction of sp³-hybridized carbons (Fsp3) is 0.375. The molecule has 2 N–H and O–H groups in total. The summed E-state index contributed by atoms with van der Waals surface area (Å²) >= 11 is 0. The molecule has 0 fully saturated rings. The maximum atomic E-state index is 4.55. The van der Waals surface area contributed by atoms with Gasteiger partial charge in [-0.15, -0.1) is 24.0 Å². The van der Waals surface area contributed by atoms with E-state index >= 15 is 0 Å². The summed E-state index contributed by atoms with van der Waals surface area (Å²) < 4.78 is 1.97.